The Morgan fingerprint density at radius 1 is 1.14 bits per heavy atom. The first kappa shape index (κ1) is 25.2. The number of benzene rings is 2. The summed E-state index contributed by atoms with van der Waals surface area (Å²) in [4.78, 5) is 4.84. The predicted molar refractivity (Wildman–Crippen MR) is 124 cm³/mol. The molecule has 0 heterocycles. The molecule has 0 amide bonds. The van der Waals surface area contributed by atoms with Crippen molar-refractivity contribution >= 4 is 39.8 Å². The zero-order valence-corrected chi connectivity index (χ0v) is 20.1. The van der Waals surface area contributed by atoms with E-state index in [2.05, 4.69) is 15.6 Å². The van der Waals surface area contributed by atoms with E-state index in [0.29, 0.717) is 36.1 Å². The Balaban J connectivity index is 0.00000420. The zero-order chi connectivity index (χ0) is 20.7. The molecule has 0 saturated heterocycles. The lowest BCUT2D eigenvalue weighted by molar-refractivity contribution is 0.386. The van der Waals surface area contributed by atoms with Crippen molar-refractivity contribution in [3.63, 3.8) is 0 Å². The summed E-state index contributed by atoms with van der Waals surface area (Å²) in [5, 5.41) is 6.29. The van der Waals surface area contributed by atoms with Crippen molar-refractivity contribution in [2.75, 3.05) is 19.9 Å². The third-order valence-electron chi connectivity index (χ3n) is 4.08. The number of ether oxygens (including phenoxy) is 1. The van der Waals surface area contributed by atoms with E-state index in [0.717, 1.165) is 11.1 Å². The van der Waals surface area contributed by atoms with E-state index < -0.39 is 15.7 Å². The van der Waals surface area contributed by atoms with Gasteiger partial charge in [0.2, 0.25) is 0 Å². The van der Waals surface area contributed by atoms with Crippen LogP contribution in [0.5, 0.6) is 5.75 Å². The molecule has 0 atom stereocenters. The molecule has 0 bridgehead atoms. The second-order valence-electron chi connectivity index (χ2n) is 6.39. The molecular formula is C20H27FIN3O3S. The Morgan fingerprint density at radius 2 is 1.83 bits per heavy atom. The van der Waals surface area contributed by atoms with Gasteiger partial charge in [-0.25, -0.2) is 17.8 Å². The molecule has 2 aromatic rings. The van der Waals surface area contributed by atoms with E-state index in [1.165, 1.54) is 19.4 Å². The highest BCUT2D eigenvalue weighted by Gasteiger charge is 2.11. The lowest BCUT2D eigenvalue weighted by Gasteiger charge is -2.12. The molecule has 0 fully saturated rings. The van der Waals surface area contributed by atoms with Crippen LogP contribution in [0.15, 0.2) is 46.3 Å². The van der Waals surface area contributed by atoms with Gasteiger partial charge in [0.25, 0.3) is 0 Å². The van der Waals surface area contributed by atoms with Crippen molar-refractivity contribution in [3.8, 4) is 5.75 Å². The molecule has 0 saturated carbocycles. The Kier molecular flexibility index (Phi) is 9.84. The Bertz CT molecular complexity index is 965. The van der Waals surface area contributed by atoms with E-state index in [-0.39, 0.29) is 29.7 Å². The maximum atomic E-state index is 13.8. The third-order valence-corrected chi connectivity index (χ3v) is 5.34. The second kappa shape index (κ2) is 11.3. The van der Waals surface area contributed by atoms with Crippen LogP contribution in [0.4, 0.5) is 4.39 Å². The minimum atomic E-state index is -3.24. The quantitative estimate of drug-likeness (QED) is 0.323. The topological polar surface area (TPSA) is 79.8 Å². The van der Waals surface area contributed by atoms with Crippen LogP contribution in [0.1, 0.15) is 23.6 Å². The van der Waals surface area contributed by atoms with Crippen molar-refractivity contribution < 1.29 is 17.5 Å². The molecule has 6 nitrogen and oxygen atoms in total. The summed E-state index contributed by atoms with van der Waals surface area (Å²) in [5.41, 5.74) is 2.36. The molecule has 2 rings (SSSR count). The van der Waals surface area contributed by atoms with Gasteiger partial charge in [0.1, 0.15) is 0 Å². The van der Waals surface area contributed by atoms with Gasteiger partial charge in [-0.2, -0.15) is 0 Å². The molecule has 0 aliphatic heterocycles. The Hall–Kier alpha value is -1.88. The van der Waals surface area contributed by atoms with Gasteiger partial charge in [0, 0.05) is 19.3 Å². The summed E-state index contributed by atoms with van der Waals surface area (Å²) < 4.78 is 42.2. The molecule has 0 unspecified atom stereocenters. The van der Waals surface area contributed by atoms with Crippen molar-refractivity contribution in [2.45, 2.75) is 31.8 Å². The number of nitrogens with zero attached hydrogens (tertiary/aromatic N) is 1. The normalized spacial score (nSPS) is 11.6. The number of sulfone groups is 1. The highest BCUT2D eigenvalue weighted by Crippen LogP contribution is 2.18. The Labute approximate surface area is 188 Å². The summed E-state index contributed by atoms with van der Waals surface area (Å²) in [6.07, 6.45) is 1.20. The summed E-state index contributed by atoms with van der Waals surface area (Å²) in [5.74, 6) is 0.381. The first-order chi connectivity index (χ1) is 13.2. The fraction of sp³-hybridized carbons (Fsp3) is 0.350. The molecular weight excluding hydrogens is 508 g/mol. The van der Waals surface area contributed by atoms with Crippen molar-refractivity contribution in [2.24, 2.45) is 4.99 Å². The average molecular weight is 535 g/mol. The number of hydrogen-bond acceptors (Lipinski definition) is 4. The highest BCUT2D eigenvalue weighted by atomic mass is 127. The minimum absolute atomic E-state index is 0. The third kappa shape index (κ3) is 7.46. The van der Waals surface area contributed by atoms with Gasteiger partial charge >= 0.3 is 0 Å². The average Bonchev–Trinajstić information content (AvgIpc) is 2.63. The van der Waals surface area contributed by atoms with E-state index in [9.17, 15) is 12.8 Å². The zero-order valence-electron chi connectivity index (χ0n) is 17.0. The number of nitrogens with one attached hydrogen (secondary N) is 2. The maximum absolute atomic E-state index is 13.8. The van der Waals surface area contributed by atoms with Crippen LogP contribution in [0.2, 0.25) is 0 Å². The standard InChI is InChI=1S/C20H26FN3O3S.HI/c1-5-22-20(24-13-16-6-8-18(27-3)17(21)11-16)23-12-15-7-9-19(14(2)10-15)28(4,25)26;/h6-11H,5,12-13H2,1-4H3,(H2,22,23,24);1H. The van der Waals surface area contributed by atoms with Gasteiger partial charge in [-0.15, -0.1) is 24.0 Å². The smallest absolute Gasteiger partial charge is 0.191 e. The molecule has 0 aromatic heterocycles. The van der Waals surface area contributed by atoms with Gasteiger partial charge in [0.15, 0.2) is 27.4 Å². The number of methoxy groups -OCH3 is 1. The van der Waals surface area contributed by atoms with E-state index in [4.69, 9.17) is 4.74 Å². The van der Waals surface area contributed by atoms with Crippen LogP contribution in [-0.2, 0) is 22.9 Å². The molecule has 160 valence electrons. The lowest BCUT2D eigenvalue weighted by Crippen LogP contribution is -2.36. The summed E-state index contributed by atoms with van der Waals surface area (Å²) in [6, 6.07) is 9.98. The van der Waals surface area contributed by atoms with Crippen LogP contribution < -0.4 is 15.4 Å². The first-order valence-electron chi connectivity index (χ1n) is 8.88. The van der Waals surface area contributed by atoms with E-state index >= 15 is 0 Å². The summed E-state index contributed by atoms with van der Waals surface area (Å²) >= 11 is 0. The van der Waals surface area contributed by atoms with Crippen LogP contribution >= 0.6 is 24.0 Å². The fourth-order valence-electron chi connectivity index (χ4n) is 2.74. The first-order valence-corrected chi connectivity index (χ1v) is 10.8. The van der Waals surface area contributed by atoms with Gasteiger partial charge in [-0.3, -0.25) is 0 Å². The lowest BCUT2D eigenvalue weighted by atomic mass is 10.1. The largest absolute Gasteiger partial charge is 0.494 e. The molecule has 0 aliphatic rings. The van der Waals surface area contributed by atoms with Crippen LogP contribution in [0.25, 0.3) is 0 Å². The van der Waals surface area contributed by atoms with Gasteiger partial charge < -0.3 is 15.4 Å². The Morgan fingerprint density at radius 3 is 2.38 bits per heavy atom. The van der Waals surface area contributed by atoms with Gasteiger partial charge in [-0.05, 0) is 48.7 Å². The number of halogens is 2. The summed E-state index contributed by atoms with van der Waals surface area (Å²) in [6.45, 7) is 5.19. The second-order valence-corrected chi connectivity index (χ2v) is 8.37. The number of hydrogen-bond donors (Lipinski definition) is 2. The SMILES string of the molecule is CCNC(=NCc1ccc(S(C)(=O)=O)c(C)c1)NCc1ccc(OC)c(F)c1.I. The monoisotopic (exact) mass is 535 g/mol. The minimum Gasteiger partial charge on any atom is -0.494 e. The molecule has 0 spiro atoms. The van der Waals surface area contributed by atoms with Crippen LogP contribution in [0, 0.1) is 12.7 Å². The van der Waals surface area contributed by atoms with Crippen LogP contribution in [0.3, 0.4) is 0 Å². The number of rotatable bonds is 7. The van der Waals surface area contributed by atoms with Crippen molar-refractivity contribution in [1.29, 1.82) is 0 Å². The number of aryl methyl sites for hydroxylation is 1. The number of aliphatic imine (C=N–C) groups is 1. The maximum Gasteiger partial charge on any atom is 0.191 e. The molecule has 2 N–H and O–H groups in total. The van der Waals surface area contributed by atoms with Crippen molar-refractivity contribution in [3.05, 3.63) is 58.9 Å². The highest BCUT2D eigenvalue weighted by molar-refractivity contribution is 14.0. The van der Waals surface area contributed by atoms with E-state index in [1.54, 1.807) is 31.2 Å². The van der Waals surface area contributed by atoms with Crippen molar-refractivity contribution in [1.82, 2.24) is 10.6 Å². The molecule has 0 radical (unpaired) electrons. The molecule has 29 heavy (non-hydrogen) atoms. The predicted octanol–water partition coefficient (Wildman–Crippen LogP) is 3.42. The summed E-state index contributed by atoms with van der Waals surface area (Å²) in [7, 11) is -1.81. The molecule has 0 aliphatic carbocycles. The molecule has 2 aromatic carbocycles. The molecule has 9 heteroatoms. The fourth-order valence-corrected chi connectivity index (χ4v) is 3.70. The van der Waals surface area contributed by atoms with Gasteiger partial charge in [0.05, 0.1) is 18.6 Å². The number of guanidine groups is 1. The van der Waals surface area contributed by atoms with Crippen LogP contribution in [-0.4, -0.2) is 34.3 Å². The van der Waals surface area contributed by atoms with E-state index in [1.807, 2.05) is 13.0 Å². The van der Waals surface area contributed by atoms with Gasteiger partial charge in [-0.1, -0.05) is 18.2 Å².